The van der Waals surface area contributed by atoms with Gasteiger partial charge >= 0.3 is 6.18 Å². The minimum Gasteiger partial charge on any atom is -0.307 e. The average molecular weight is 417 g/mol. The zero-order valence-corrected chi connectivity index (χ0v) is 16.1. The van der Waals surface area contributed by atoms with E-state index < -0.39 is 12.6 Å². The molecule has 6 heteroatoms. The molecule has 0 aliphatic carbocycles. The molecule has 3 aromatic heterocycles. The van der Waals surface area contributed by atoms with E-state index in [-0.39, 0.29) is 28.1 Å². The zero-order valence-electron chi connectivity index (χ0n) is 16.1. The Bertz CT molecular complexity index is 1650. The lowest BCUT2D eigenvalue weighted by Crippen LogP contribution is -2.14. The number of fused-ring (bicyclic) bond motifs is 2. The minimum absolute atomic E-state index is 0.268. The van der Waals surface area contributed by atoms with Crippen LogP contribution in [0.2, 0.25) is 0 Å². The predicted molar refractivity (Wildman–Crippen MR) is 117 cm³/mol. The molecule has 3 heterocycles. The van der Waals surface area contributed by atoms with Crippen LogP contribution in [-0.4, -0.2) is 10.6 Å². The standard InChI is InChI=1S/C25H14F3NO2/c26-25(27,28)8-7-13-9-17-21(30)11-19-15-5-1-3-14-4-2-6-16(23(14)15)20-12-22(31)18(10-13)24(17)29(19)20/h1-6,9-12H,7-8H2. The van der Waals surface area contributed by atoms with E-state index in [1.54, 1.807) is 0 Å². The van der Waals surface area contributed by atoms with Crippen LogP contribution in [0.1, 0.15) is 12.0 Å². The van der Waals surface area contributed by atoms with Gasteiger partial charge in [-0.05, 0) is 29.5 Å². The topological polar surface area (TPSA) is 38.5 Å². The summed E-state index contributed by atoms with van der Waals surface area (Å²) < 4.78 is 40.1. The lowest BCUT2D eigenvalue weighted by atomic mass is 9.96. The second-order valence-corrected chi connectivity index (χ2v) is 7.99. The van der Waals surface area contributed by atoms with Crippen molar-refractivity contribution in [3.63, 3.8) is 0 Å². The Morgan fingerprint density at radius 1 is 0.742 bits per heavy atom. The Kier molecular flexibility index (Phi) is 3.47. The summed E-state index contributed by atoms with van der Waals surface area (Å²) in [6.45, 7) is 0. The van der Waals surface area contributed by atoms with E-state index in [0.717, 1.165) is 21.5 Å². The summed E-state index contributed by atoms with van der Waals surface area (Å²) in [6.07, 6.45) is -5.59. The van der Waals surface area contributed by atoms with E-state index in [0.29, 0.717) is 22.1 Å². The SMILES string of the molecule is O=c1cc2c3cccc4cccc(c43)c3cc(=O)c4cc(CCC(F)(F)F)cc1c4n23. The Morgan fingerprint density at radius 3 is 1.81 bits per heavy atom. The number of pyridine rings is 3. The number of nitrogens with zero attached hydrogens (tertiary/aromatic N) is 1. The quantitative estimate of drug-likeness (QED) is 0.270. The lowest BCUT2D eigenvalue weighted by Gasteiger charge is -2.18. The van der Waals surface area contributed by atoms with E-state index >= 15 is 0 Å². The van der Waals surface area contributed by atoms with Crippen LogP contribution in [0.3, 0.4) is 0 Å². The molecule has 3 nitrogen and oxygen atoms in total. The van der Waals surface area contributed by atoms with Gasteiger partial charge < -0.3 is 4.40 Å². The smallest absolute Gasteiger partial charge is 0.307 e. The van der Waals surface area contributed by atoms with Gasteiger partial charge in [0, 0.05) is 45.5 Å². The fourth-order valence-electron chi connectivity index (χ4n) is 4.81. The molecule has 0 saturated heterocycles. The fourth-order valence-corrected chi connectivity index (χ4v) is 4.81. The Labute approximate surface area is 172 Å². The van der Waals surface area contributed by atoms with Gasteiger partial charge in [0.15, 0.2) is 10.9 Å². The predicted octanol–water partition coefficient (Wildman–Crippen LogP) is 5.64. The minimum atomic E-state index is -4.31. The summed E-state index contributed by atoms with van der Waals surface area (Å²) >= 11 is 0. The summed E-state index contributed by atoms with van der Waals surface area (Å²) in [7, 11) is 0. The van der Waals surface area contributed by atoms with Gasteiger partial charge in [-0.2, -0.15) is 13.2 Å². The monoisotopic (exact) mass is 417 g/mol. The number of hydrogen-bond acceptors (Lipinski definition) is 2. The van der Waals surface area contributed by atoms with Crippen LogP contribution < -0.4 is 10.9 Å². The first-order valence-electron chi connectivity index (χ1n) is 9.90. The molecule has 6 rings (SSSR count). The van der Waals surface area contributed by atoms with Gasteiger partial charge in [-0.25, -0.2) is 0 Å². The van der Waals surface area contributed by atoms with Crippen molar-refractivity contribution in [1.29, 1.82) is 0 Å². The van der Waals surface area contributed by atoms with E-state index in [9.17, 15) is 22.8 Å². The maximum absolute atomic E-state index is 13.1. The second kappa shape index (κ2) is 5.94. The maximum atomic E-state index is 13.1. The molecule has 0 aliphatic rings. The molecule has 3 aromatic carbocycles. The van der Waals surface area contributed by atoms with Crippen molar-refractivity contribution in [3.05, 3.63) is 86.7 Å². The molecule has 0 aliphatic heterocycles. The first-order valence-corrected chi connectivity index (χ1v) is 9.90. The molecule has 0 bridgehead atoms. The lowest BCUT2D eigenvalue weighted by molar-refractivity contribution is -0.133. The summed E-state index contributed by atoms with van der Waals surface area (Å²) in [6, 6.07) is 17.7. The summed E-state index contributed by atoms with van der Waals surface area (Å²) in [5.41, 5.74) is 1.56. The zero-order chi connectivity index (χ0) is 21.5. The number of benzene rings is 3. The van der Waals surface area contributed by atoms with Gasteiger partial charge in [0.05, 0.1) is 16.6 Å². The van der Waals surface area contributed by atoms with Gasteiger partial charge in [0.2, 0.25) is 0 Å². The highest BCUT2D eigenvalue weighted by atomic mass is 19.4. The van der Waals surface area contributed by atoms with Crippen LogP contribution in [0.25, 0.3) is 48.9 Å². The third-order valence-electron chi connectivity index (χ3n) is 6.10. The molecular weight excluding hydrogens is 403 g/mol. The van der Waals surface area contributed by atoms with E-state index in [4.69, 9.17) is 0 Å². The highest BCUT2D eigenvalue weighted by molar-refractivity contribution is 6.22. The number of halogens is 3. The highest BCUT2D eigenvalue weighted by Gasteiger charge is 2.27. The van der Waals surface area contributed by atoms with Crippen LogP contribution in [0.15, 0.2) is 70.3 Å². The molecule has 6 aromatic rings. The number of aryl methyl sites for hydroxylation is 1. The third kappa shape index (κ3) is 2.54. The van der Waals surface area contributed by atoms with Gasteiger partial charge in [-0.3, -0.25) is 9.59 Å². The van der Waals surface area contributed by atoms with Crippen molar-refractivity contribution in [1.82, 2.24) is 4.40 Å². The summed E-state index contributed by atoms with van der Waals surface area (Å²) in [4.78, 5) is 26.1. The molecule has 0 spiro atoms. The molecule has 0 fully saturated rings. The van der Waals surface area contributed by atoms with Crippen LogP contribution in [0.4, 0.5) is 13.2 Å². The Hall–Kier alpha value is -3.67. The maximum Gasteiger partial charge on any atom is 0.389 e. The largest absolute Gasteiger partial charge is 0.389 e. The van der Waals surface area contributed by atoms with E-state index in [2.05, 4.69) is 0 Å². The number of rotatable bonds is 2. The van der Waals surface area contributed by atoms with Crippen molar-refractivity contribution in [3.8, 4) is 0 Å². The molecular formula is C25H14F3NO2. The van der Waals surface area contributed by atoms with Crippen LogP contribution in [0.5, 0.6) is 0 Å². The van der Waals surface area contributed by atoms with Crippen LogP contribution >= 0.6 is 0 Å². The fraction of sp³-hybridized carbons (Fsp3) is 0.120. The molecule has 0 N–H and O–H groups in total. The molecule has 0 radical (unpaired) electrons. The summed E-state index contributed by atoms with van der Waals surface area (Å²) in [5.74, 6) is 0. The Morgan fingerprint density at radius 2 is 1.29 bits per heavy atom. The van der Waals surface area contributed by atoms with Crippen molar-refractivity contribution in [2.24, 2.45) is 0 Å². The van der Waals surface area contributed by atoms with E-state index in [1.165, 1.54) is 24.3 Å². The van der Waals surface area contributed by atoms with Crippen LogP contribution in [0, 0.1) is 0 Å². The molecule has 0 atom stereocenters. The van der Waals surface area contributed by atoms with Gasteiger partial charge in [-0.1, -0.05) is 36.4 Å². The van der Waals surface area contributed by atoms with Gasteiger partial charge in [0.1, 0.15) is 0 Å². The number of alkyl halides is 3. The van der Waals surface area contributed by atoms with Crippen molar-refractivity contribution in [2.75, 3.05) is 0 Å². The molecule has 31 heavy (non-hydrogen) atoms. The molecule has 0 amide bonds. The van der Waals surface area contributed by atoms with Crippen molar-refractivity contribution >= 4 is 48.9 Å². The third-order valence-corrected chi connectivity index (χ3v) is 6.10. The average Bonchev–Trinajstić information content (AvgIpc) is 2.74. The Balaban J connectivity index is 1.83. The molecule has 152 valence electrons. The van der Waals surface area contributed by atoms with Gasteiger partial charge in [-0.15, -0.1) is 0 Å². The molecule has 0 saturated carbocycles. The molecule has 0 unspecified atom stereocenters. The number of aromatic nitrogens is 1. The second-order valence-electron chi connectivity index (χ2n) is 7.99. The summed E-state index contributed by atoms with van der Waals surface area (Å²) in [5, 5.41) is 4.31. The number of hydrogen-bond donors (Lipinski definition) is 0. The highest BCUT2D eigenvalue weighted by Crippen LogP contribution is 2.36. The van der Waals surface area contributed by atoms with Gasteiger partial charge in [0.25, 0.3) is 0 Å². The first-order chi connectivity index (χ1) is 14.8. The first kappa shape index (κ1) is 18.1. The normalized spacial score (nSPS) is 12.9. The van der Waals surface area contributed by atoms with E-state index in [1.807, 2.05) is 40.8 Å². The van der Waals surface area contributed by atoms with Crippen molar-refractivity contribution in [2.45, 2.75) is 19.0 Å². The van der Waals surface area contributed by atoms with Crippen LogP contribution in [-0.2, 0) is 6.42 Å². The van der Waals surface area contributed by atoms with Crippen molar-refractivity contribution < 1.29 is 13.2 Å².